The Morgan fingerprint density at radius 1 is 1.07 bits per heavy atom. The van der Waals surface area contributed by atoms with Crippen LogP contribution < -0.4 is 10.6 Å². The van der Waals surface area contributed by atoms with Gasteiger partial charge in [-0.15, -0.1) is 16.4 Å². The summed E-state index contributed by atoms with van der Waals surface area (Å²) >= 11 is 1.49. The highest BCUT2D eigenvalue weighted by Crippen LogP contribution is 2.26. The molecule has 2 aromatic heterocycles. The Balaban J connectivity index is 1.51. The van der Waals surface area contributed by atoms with Gasteiger partial charge in [0.2, 0.25) is 6.17 Å². The number of anilines is 2. The standard InChI is InChI=1S/C21H16N6O2S/c1-12-22-16(11-30-12)20-26-27-21(29-20)25-18-19(28)23-15-10-6-5-9-14(15)17(24-18)13-7-3-2-4-8-13/h2-11,18H,1H3,(H,23,28)(H,25,27). The van der Waals surface area contributed by atoms with E-state index in [2.05, 4.69) is 25.8 Å². The summed E-state index contributed by atoms with van der Waals surface area (Å²) in [5, 5.41) is 16.6. The highest BCUT2D eigenvalue weighted by molar-refractivity contribution is 7.09. The zero-order chi connectivity index (χ0) is 20.5. The van der Waals surface area contributed by atoms with Crippen LogP contribution in [0.5, 0.6) is 0 Å². The Bertz CT molecular complexity index is 1250. The first kappa shape index (κ1) is 18.2. The maximum Gasteiger partial charge on any atom is 0.317 e. The monoisotopic (exact) mass is 416 g/mol. The molecule has 1 unspecified atom stereocenters. The smallest absolute Gasteiger partial charge is 0.317 e. The number of nitrogens with zero attached hydrogens (tertiary/aromatic N) is 4. The van der Waals surface area contributed by atoms with Crippen LogP contribution in [-0.2, 0) is 4.79 Å². The highest BCUT2D eigenvalue weighted by Gasteiger charge is 2.27. The number of hydrogen-bond acceptors (Lipinski definition) is 8. The first-order chi connectivity index (χ1) is 14.7. The zero-order valence-corrected chi connectivity index (χ0v) is 16.7. The first-order valence-electron chi connectivity index (χ1n) is 9.23. The number of fused-ring (bicyclic) bond motifs is 1. The van der Waals surface area contributed by atoms with Crippen LogP contribution >= 0.6 is 11.3 Å². The molecule has 0 fully saturated rings. The summed E-state index contributed by atoms with van der Waals surface area (Å²) in [5.74, 6) is -0.0379. The van der Waals surface area contributed by atoms with E-state index in [0.29, 0.717) is 17.1 Å². The lowest BCUT2D eigenvalue weighted by Crippen LogP contribution is -2.32. The number of carbonyl (C=O) groups is 1. The molecule has 1 atom stereocenters. The van der Waals surface area contributed by atoms with Crippen molar-refractivity contribution in [3.05, 3.63) is 76.1 Å². The average molecular weight is 416 g/mol. The van der Waals surface area contributed by atoms with Crippen LogP contribution in [0.25, 0.3) is 11.6 Å². The molecule has 0 bridgehead atoms. The fourth-order valence-electron chi connectivity index (χ4n) is 3.14. The second-order valence-corrected chi connectivity index (χ2v) is 7.65. The van der Waals surface area contributed by atoms with Crippen LogP contribution in [-0.4, -0.2) is 33.0 Å². The van der Waals surface area contributed by atoms with Crippen molar-refractivity contribution in [3.63, 3.8) is 0 Å². The summed E-state index contributed by atoms with van der Waals surface area (Å²) in [5.41, 5.74) is 3.72. The van der Waals surface area contributed by atoms with Gasteiger partial charge >= 0.3 is 6.01 Å². The van der Waals surface area contributed by atoms with Crippen molar-refractivity contribution in [1.29, 1.82) is 0 Å². The molecule has 1 amide bonds. The third kappa shape index (κ3) is 3.46. The number of benzodiazepines with no additional fused rings is 1. The fourth-order valence-corrected chi connectivity index (χ4v) is 3.73. The van der Waals surface area contributed by atoms with Gasteiger partial charge in [-0.05, 0) is 13.0 Å². The third-order valence-corrected chi connectivity index (χ3v) is 5.29. The van der Waals surface area contributed by atoms with Gasteiger partial charge in [-0.1, -0.05) is 53.6 Å². The van der Waals surface area contributed by atoms with Crippen LogP contribution in [0.1, 0.15) is 16.1 Å². The molecule has 0 spiro atoms. The number of para-hydroxylation sites is 1. The molecule has 0 radical (unpaired) electrons. The Morgan fingerprint density at radius 3 is 2.67 bits per heavy atom. The van der Waals surface area contributed by atoms with Crippen molar-refractivity contribution in [3.8, 4) is 11.6 Å². The molecule has 148 valence electrons. The van der Waals surface area contributed by atoms with E-state index < -0.39 is 6.17 Å². The summed E-state index contributed by atoms with van der Waals surface area (Å²) < 4.78 is 5.65. The largest absolute Gasteiger partial charge is 0.402 e. The van der Waals surface area contributed by atoms with Gasteiger partial charge in [0.1, 0.15) is 5.69 Å². The quantitative estimate of drug-likeness (QED) is 0.525. The fraction of sp³-hybridized carbons (Fsp3) is 0.0952. The van der Waals surface area contributed by atoms with Crippen LogP contribution in [0.2, 0.25) is 0 Å². The second-order valence-electron chi connectivity index (χ2n) is 6.59. The number of thiazole rings is 1. The molecule has 30 heavy (non-hydrogen) atoms. The number of aryl methyl sites for hydroxylation is 1. The number of amides is 1. The summed E-state index contributed by atoms with van der Waals surface area (Å²) in [6.07, 6.45) is -0.946. The first-order valence-corrected chi connectivity index (χ1v) is 10.1. The van der Waals surface area contributed by atoms with Gasteiger partial charge in [0, 0.05) is 16.5 Å². The zero-order valence-electron chi connectivity index (χ0n) is 15.9. The van der Waals surface area contributed by atoms with Crippen molar-refractivity contribution in [2.24, 2.45) is 4.99 Å². The van der Waals surface area contributed by atoms with Gasteiger partial charge < -0.3 is 15.1 Å². The van der Waals surface area contributed by atoms with E-state index in [4.69, 9.17) is 9.41 Å². The molecule has 1 aliphatic heterocycles. The lowest BCUT2D eigenvalue weighted by atomic mass is 10.0. The molecule has 3 heterocycles. The second kappa shape index (κ2) is 7.53. The van der Waals surface area contributed by atoms with E-state index in [1.165, 1.54) is 11.3 Å². The third-order valence-electron chi connectivity index (χ3n) is 4.52. The van der Waals surface area contributed by atoms with Gasteiger partial charge in [-0.2, -0.15) is 0 Å². The Morgan fingerprint density at radius 2 is 1.87 bits per heavy atom. The molecule has 1 aliphatic rings. The number of hydrogen-bond donors (Lipinski definition) is 2. The maximum atomic E-state index is 12.9. The van der Waals surface area contributed by atoms with Crippen LogP contribution in [0.15, 0.2) is 69.4 Å². The molecule has 4 aromatic rings. The number of nitrogens with one attached hydrogen (secondary N) is 2. The lowest BCUT2D eigenvalue weighted by Gasteiger charge is -2.11. The van der Waals surface area contributed by atoms with Crippen molar-refractivity contribution in [2.45, 2.75) is 13.1 Å². The number of rotatable bonds is 4. The van der Waals surface area contributed by atoms with Gasteiger partial charge in [-0.25, -0.2) is 9.98 Å². The van der Waals surface area contributed by atoms with Crippen LogP contribution in [0, 0.1) is 6.92 Å². The van der Waals surface area contributed by atoms with E-state index in [1.807, 2.05) is 66.9 Å². The molecule has 2 aromatic carbocycles. The normalized spacial score (nSPS) is 15.7. The summed E-state index contributed by atoms with van der Waals surface area (Å²) in [7, 11) is 0. The van der Waals surface area contributed by atoms with Gasteiger partial charge in [0.25, 0.3) is 11.8 Å². The number of aliphatic imine (C=N–C) groups is 1. The number of aromatic nitrogens is 3. The number of benzene rings is 2. The molecule has 0 saturated heterocycles. The van der Waals surface area contributed by atoms with Gasteiger partial charge in [-0.3, -0.25) is 4.79 Å². The van der Waals surface area contributed by atoms with Gasteiger partial charge in [0.05, 0.1) is 16.4 Å². The Kier molecular flexibility index (Phi) is 4.56. The van der Waals surface area contributed by atoms with Gasteiger partial charge in [0.15, 0.2) is 0 Å². The minimum Gasteiger partial charge on any atom is -0.402 e. The summed E-state index contributed by atoms with van der Waals surface area (Å²) in [6, 6.07) is 17.4. The van der Waals surface area contributed by atoms with E-state index in [1.54, 1.807) is 0 Å². The minimum atomic E-state index is -0.946. The Labute approximate surface area is 175 Å². The molecule has 0 saturated carbocycles. The maximum absolute atomic E-state index is 12.9. The minimum absolute atomic E-state index is 0.0953. The van der Waals surface area contributed by atoms with Crippen LogP contribution in [0.3, 0.4) is 0 Å². The summed E-state index contributed by atoms with van der Waals surface area (Å²) in [4.78, 5) is 21.9. The van der Waals surface area contributed by atoms with Crippen molar-refractivity contribution in [1.82, 2.24) is 15.2 Å². The topological polar surface area (TPSA) is 105 Å². The SMILES string of the molecule is Cc1nc(-c2nnc(NC3N=C(c4ccccc4)c4ccccc4NC3=O)o2)cs1. The van der Waals surface area contributed by atoms with E-state index in [0.717, 1.165) is 16.1 Å². The van der Waals surface area contributed by atoms with E-state index in [-0.39, 0.29) is 17.8 Å². The average Bonchev–Trinajstić information content (AvgIpc) is 3.38. The molecule has 2 N–H and O–H groups in total. The van der Waals surface area contributed by atoms with Crippen molar-refractivity contribution in [2.75, 3.05) is 10.6 Å². The highest BCUT2D eigenvalue weighted by atomic mass is 32.1. The van der Waals surface area contributed by atoms with Crippen molar-refractivity contribution < 1.29 is 9.21 Å². The van der Waals surface area contributed by atoms with E-state index >= 15 is 0 Å². The molecule has 9 heteroatoms. The number of carbonyl (C=O) groups excluding carboxylic acids is 1. The summed E-state index contributed by atoms with van der Waals surface area (Å²) in [6.45, 7) is 1.90. The predicted molar refractivity (Wildman–Crippen MR) is 115 cm³/mol. The molecular formula is C21H16N6O2S. The molecule has 0 aliphatic carbocycles. The Hall–Kier alpha value is -3.85. The molecule has 5 rings (SSSR count). The van der Waals surface area contributed by atoms with Crippen LogP contribution in [0.4, 0.5) is 11.7 Å². The van der Waals surface area contributed by atoms with E-state index in [9.17, 15) is 4.79 Å². The molecule has 8 nitrogen and oxygen atoms in total. The molecular weight excluding hydrogens is 400 g/mol. The predicted octanol–water partition coefficient (Wildman–Crippen LogP) is 3.73. The van der Waals surface area contributed by atoms with Crippen molar-refractivity contribution >= 4 is 34.7 Å². The lowest BCUT2D eigenvalue weighted by molar-refractivity contribution is -0.116.